The maximum atomic E-state index is 9.31. The molecule has 2 N–H and O–H groups in total. The van der Waals surface area contributed by atoms with Crippen LogP contribution in [0, 0.1) is 11.3 Å². The van der Waals surface area contributed by atoms with E-state index in [9.17, 15) is 5.26 Å². The second-order valence-corrected chi connectivity index (χ2v) is 4.65. The highest BCUT2D eigenvalue weighted by molar-refractivity contribution is 5.39. The molecule has 0 saturated carbocycles. The molecule has 2 heteroatoms. The summed E-state index contributed by atoms with van der Waals surface area (Å²) >= 11 is 0. The molecular weight excluding hydrogens is 220 g/mol. The minimum Gasteiger partial charge on any atom is -0.313 e. The van der Waals surface area contributed by atoms with E-state index in [0.29, 0.717) is 0 Å². The summed E-state index contributed by atoms with van der Waals surface area (Å²) in [4.78, 5) is 0. The van der Waals surface area contributed by atoms with E-state index in [1.54, 1.807) is 6.92 Å². The van der Waals surface area contributed by atoms with Gasteiger partial charge in [-0.05, 0) is 18.1 Å². The highest BCUT2D eigenvalue weighted by Gasteiger charge is 2.32. The van der Waals surface area contributed by atoms with Crippen LogP contribution in [0.15, 0.2) is 60.7 Å². The van der Waals surface area contributed by atoms with Crippen molar-refractivity contribution in [3.05, 3.63) is 71.8 Å². The third-order valence-electron chi connectivity index (χ3n) is 3.11. The van der Waals surface area contributed by atoms with Gasteiger partial charge in [0.15, 0.2) is 0 Å². The summed E-state index contributed by atoms with van der Waals surface area (Å²) in [5.41, 5.74) is 7.37. The zero-order valence-corrected chi connectivity index (χ0v) is 10.4. The molecule has 0 aliphatic heterocycles. The third-order valence-corrected chi connectivity index (χ3v) is 3.11. The van der Waals surface area contributed by atoms with Crippen LogP contribution in [0.1, 0.15) is 24.0 Å². The minimum atomic E-state index is -0.928. The van der Waals surface area contributed by atoms with Crippen LogP contribution in [0.4, 0.5) is 0 Å². The van der Waals surface area contributed by atoms with Gasteiger partial charge in [0.1, 0.15) is 5.54 Å². The quantitative estimate of drug-likeness (QED) is 0.890. The molecule has 2 aromatic carbocycles. The van der Waals surface area contributed by atoms with Crippen molar-refractivity contribution < 1.29 is 0 Å². The summed E-state index contributed by atoms with van der Waals surface area (Å²) in [6.07, 6.45) is 0. The van der Waals surface area contributed by atoms with Crippen LogP contribution in [0.2, 0.25) is 0 Å². The fourth-order valence-corrected chi connectivity index (χ4v) is 2.24. The summed E-state index contributed by atoms with van der Waals surface area (Å²) < 4.78 is 0. The van der Waals surface area contributed by atoms with Gasteiger partial charge < -0.3 is 5.73 Å². The standard InChI is InChI=1S/C16H16N2/c1-16(18,12-17)15(13-8-4-2-5-9-13)14-10-6-3-7-11-14/h2-11,15H,18H2,1H3. The van der Waals surface area contributed by atoms with E-state index < -0.39 is 5.54 Å². The summed E-state index contributed by atoms with van der Waals surface area (Å²) in [6, 6.07) is 22.1. The largest absolute Gasteiger partial charge is 0.313 e. The van der Waals surface area contributed by atoms with Crippen LogP contribution in [0.3, 0.4) is 0 Å². The van der Waals surface area contributed by atoms with E-state index in [4.69, 9.17) is 5.73 Å². The first-order valence-corrected chi connectivity index (χ1v) is 5.95. The number of rotatable bonds is 3. The van der Waals surface area contributed by atoms with E-state index in [1.165, 1.54) is 0 Å². The van der Waals surface area contributed by atoms with Gasteiger partial charge in [-0.3, -0.25) is 0 Å². The fraction of sp³-hybridized carbons (Fsp3) is 0.188. The first-order valence-electron chi connectivity index (χ1n) is 5.95. The van der Waals surface area contributed by atoms with Crippen molar-refractivity contribution in [2.24, 2.45) is 5.73 Å². The molecule has 0 bridgehead atoms. The van der Waals surface area contributed by atoms with E-state index in [1.807, 2.05) is 60.7 Å². The van der Waals surface area contributed by atoms with Crippen LogP contribution in [0.25, 0.3) is 0 Å². The Morgan fingerprint density at radius 2 is 1.33 bits per heavy atom. The molecule has 0 aromatic heterocycles. The van der Waals surface area contributed by atoms with Crippen LogP contribution in [-0.2, 0) is 0 Å². The number of nitriles is 1. The highest BCUT2D eigenvalue weighted by atomic mass is 14.7. The second kappa shape index (κ2) is 5.03. The van der Waals surface area contributed by atoms with E-state index in [-0.39, 0.29) is 5.92 Å². The normalized spacial score (nSPS) is 13.9. The summed E-state index contributed by atoms with van der Waals surface area (Å²) in [7, 11) is 0. The number of hydrogen-bond acceptors (Lipinski definition) is 2. The molecule has 2 rings (SSSR count). The Bertz CT molecular complexity index is 499. The van der Waals surface area contributed by atoms with Gasteiger partial charge in [-0.15, -0.1) is 0 Å². The minimum absolute atomic E-state index is 0.120. The summed E-state index contributed by atoms with van der Waals surface area (Å²) in [6.45, 7) is 1.78. The zero-order chi connectivity index (χ0) is 13.0. The molecule has 0 saturated heterocycles. The Morgan fingerprint density at radius 1 is 0.944 bits per heavy atom. The maximum absolute atomic E-state index is 9.31. The first kappa shape index (κ1) is 12.3. The van der Waals surface area contributed by atoms with E-state index >= 15 is 0 Å². The van der Waals surface area contributed by atoms with Gasteiger partial charge in [-0.1, -0.05) is 60.7 Å². The number of nitrogens with two attached hydrogens (primary N) is 1. The van der Waals surface area contributed by atoms with Crippen molar-refractivity contribution in [1.82, 2.24) is 0 Å². The van der Waals surface area contributed by atoms with Crippen molar-refractivity contribution in [2.75, 3.05) is 0 Å². The third kappa shape index (κ3) is 2.42. The first-order chi connectivity index (χ1) is 8.65. The van der Waals surface area contributed by atoms with Crippen molar-refractivity contribution >= 4 is 0 Å². The Kier molecular flexibility index (Phi) is 3.45. The Balaban J connectivity index is 2.53. The number of nitrogens with zero attached hydrogens (tertiary/aromatic N) is 1. The zero-order valence-electron chi connectivity index (χ0n) is 10.4. The van der Waals surface area contributed by atoms with Crippen molar-refractivity contribution in [3.8, 4) is 6.07 Å². The molecule has 0 aliphatic rings. The molecule has 0 amide bonds. The van der Waals surface area contributed by atoms with Gasteiger partial charge in [0.05, 0.1) is 6.07 Å². The lowest BCUT2D eigenvalue weighted by Gasteiger charge is -2.28. The predicted octanol–water partition coefficient (Wildman–Crippen LogP) is 3.06. The average Bonchev–Trinajstić information content (AvgIpc) is 2.41. The average molecular weight is 236 g/mol. The lowest BCUT2D eigenvalue weighted by molar-refractivity contribution is 0.525. The summed E-state index contributed by atoms with van der Waals surface area (Å²) in [5.74, 6) is -0.120. The summed E-state index contributed by atoms with van der Waals surface area (Å²) in [5, 5.41) is 9.31. The molecule has 0 aliphatic carbocycles. The smallest absolute Gasteiger partial charge is 0.112 e. The van der Waals surface area contributed by atoms with Gasteiger partial charge in [0.2, 0.25) is 0 Å². The SMILES string of the molecule is CC(N)(C#N)C(c1ccccc1)c1ccccc1. The van der Waals surface area contributed by atoms with Crippen molar-refractivity contribution in [2.45, 2.75) is 18.4 Å². The fourth-order valence-electron chi connectivity index (χ4n) is 2.24. The molecule has 0 heterocycles. The van der Waals surface area contributed by atoms with Crippen LogP contribution < -0.4 is 5.73 Å². The molecule has 0 spiro atoms. The Labute approximate surface area is 108 Å². The molecule has 1 unspecified atom stereocenters. The van der Waals surface area contributed by atoms with Gasteiger partial charge in [-0.2, -0.15) is 5.26 Å². The molecular formula is C16H16N2. The molecule has 0 fully saturated rings. The van der Waals surface area contributed by atoms with Gasteiger partial charge in [0, 0.05) is 5.92 Å². The van der Waals surface area contributed by atoms with Crippen LogP contribution in [0.5, 0.6) is 0 Å². The lowest BCUT2D eigenvalue weighted by Crippen LogP contribution is -2.41. The highest BCUT2D eigenvalue weighted by Crippen LogP contribution is 2.32. The molecule has 2 aromatic rings. The predicted molar refractivity (Wildman–Crippen MR) is 72.9 cm³/mol. The molecule has 90 valence electrons. The topological polar surface area (TPSA) is 49.8 Å². The van der Waals surface area contributed by atoms with Crippen molar-refractivity contribution in [3.63, 3.8) is 0 Å². The maximum Gasteiger partial charge on any atom is 0.112 e. The van der Waals surface area contributed by atoms with E-state index in [2.05, 4.69) is 6.07 Å². The Hall–Kier alpha value is -2.11. The lowest BCUT2D eigenvalue weighted by atomic mass is 9.77. The van der Waals surface area contributed by atoms with Crippen LogP contribution in [-0.4, -0.2) is 5.54 Å². The Morgan fingerprint density at radius 3 is 1.67 bits per heavy atom. The van der Waals surface area contributed by atoms with Crippen LogP contribution >= 0.6 is 0 Å². The monoisotopic (exact) mass is 236 g/mol. The van der Waals surface area contributed by atoms with Gasteiger partial charge >= 0.3 is 0 Å². The van der Waals surface area contributed by atoms with Gasteiger partial charge in [-0.25, -0.2) is 0 Å². The van der Waals surface area contributed by atoms with E-state index in [0.717, 1.165) is 11.1 Å². The van der Waals surface area contributed by atoms with Gasteiger partial charge in [0.25, 0.3) is 0 Å². The number of hydrogen-bond donors (Lipinski definition) is 1. The van der Waals surface area contributed by atoms with Crippen molar-refractivity contribution in [1.29, 1.82) is 5.26 Å². The molecule has 18 heavy (non-hydrogen) atoms. The molecule has 2 nitrogen and oxygen atoms in total. The second-order valence-electron chi connectivity index (χ2n) is 4.65. The molecule has 1 atom stereocenters. The molecule has 0 radical (unpaired) electrons. The number of benzene rings is 2.